The Labute approximate surface area is 154 Å². The molecule has 0 aliphatic heterocycles. The van der Waals surface area contributed by atoms with Gasteiger partial charge in [-0.25, -0.2) is 0 Å². The third kappa shape index (κ3) is 5.89. The van der Waals surface area contributed by atoms with E-state index in [0.717, 1.165) is 16.7 Å². The number of aryl methyl sites for hydroxylation is 1. The van der Waals surface area contributed by atoms with Crippen molar-refractivity contribution in [3.63, 3.8) is 0 Å². The number of nitrogens with two attached hydrogens (primary N) is 1. The normalized spacial score (nSPS) is 11.2. The van der Waals surface area contributed by atoms with E-state index in [2.05, 4.69) is 5.32 Å². The van der Waals surface area contributed by atoms with Crippen LogP contribution in [0.4, 0.5) is 5.69 Å². The Kier molecular flexibility index (Phi) is 7.61. The van der Waals surface area contributed by atoms with Crippen LogP contribution in [0.5, 0.6) is 0 Å². The summed E-state index contributed by atoms with van der Waals surface area (Å²) in [6.07, 6.45) is 0.337. The van der Waals surface area contributed by atoms with E-state index in [1.165, 1.54) is 0 Å². The van der Waals surface area contributed by atoms with Crippen molar-refractivity contribution < 1.29 is 9.59 Å². The fourth-order valence-electron chi connectivity index (χ4n) is 2.18. The first kappa shape index (κ1) is 20.7. The van der Waals surface area contributed by atoms with Crippen molar-refractivity contribution in [2.24, 2.45) is 5.73 Å². The van der Waals surface area contributed by atoms with Gasteiger partial charge in [-0.2, -0.15) is 0 Å². The molecule has 0 heterocycles. The maximum Gasteiger partial charge on any atom is 0.245 e. The van der Waals surface area contributed by atoms with Gasteiger partial charge in [0, 0.05) is 19.8 Å². The summed E-state index contributed by atoms with van der Waals surface area (Å²) in [4.78, 5) is 25.5. The predicted molar refractivity (Wildman–Crippen MR) is 103 cm³/mol. The van der Waals surface area contributed by atoms with Crippen LogP contribution in [-0.2, 0) is 16.0 Å². The second-order valence-electron chi connectivity index (χ2n) is 6.04. The smallest absolute Gasteiger partial charge is 0.245 e. The molecule has 2 amide bonds. The zero-order valence-corrected chi connectivity index (χ0v) is 15.5. The van der Waals surface area contributed by atoms with Crippen LogP contribution in [0.2, 0.25) is 0 Å². The van der Waals surface area contributed by atoms with Gasteiger partial charge in [-0.3, -0.25) is 9.59 Å². The van der Waals surface area contributed by atoms with Crippen molar-refractivity contribution in [1.29, 1.82) is 0 Å². The Morgan fingerprint density at radius 2 is 1.60 bits per heavy atom. The number of halogens is 1. The lowest BCUT2D eigenvalue weighted by Crippen LogP contribution is -2.27. The van der Waals surface area contributed by atoms with Gasteiger partial charge in [0.1, 0.15) is 6.04 Å². The molecule has 0 fully saturated rings. The SMILES string of the molecule is Cc1ccc(C(N)C(=O)Nc2ccc(CC(=O)N(C)C)cc2)cc1.Cl. The number of rotatable bonds is 5. The van der Waals surface area contributed by atoms with Crippen LogP contribution in [0.25, 0.3) is 0 Å². The van der Waals surface area contributed by atoms with E-state index in [9.17, 15) is 9.59 Å². The first-order chi connectivity index (χ1) is 11.4. The minimum absolute atomic E-state index is 0. The van der Waals surface area contributed by atoms with Crippen molar-refractivity contribution in [2.75, 3.05) is 19.4 Å². The highest BCUT2D eigenvalue weighted by molar-refractivity contribution is 5.95. The molecule has 2 aromatic carbocycles. The fourth-order valence-corrected chi connectivity index (χ4v) is 2.18. The molecule has 6 heteroatoms. The molecule has 0 aliphatic carbocycles. The number of nitrogens with one attached hydrogen (secondary N) is 1. The van der Waals surface area contributed by atoms with Gasteiger partial charge in [0.25, 0.3) is 0 Å². The Balaban J connectivity index is 0.00000312. The van der Waals surface area contributed by atoms with Crippen LogP contribution < -0.4 is 11.1 Å². The Bertz CT molecular complexity index is 712. The zero-order valence-electron chi connectivity index (χ0n) is 14.7. The van der Waals surface area contributed by atoms with Crippen LogP contribution >= 0.6 is 12.4 Å². The number of carbonyl (C=O) groups excluding carboxylic acids is 2. The molecule has 0 aliphatic rings. The third-order valence-corrected chi connectivity index (χ3v) is 3.79. The molecular formula is C19H24ClN3O2. The van der Waals surface area contributed by atoms with Gasteiger partial charge >= 0.3 is 0 Å². The molecule has 1 atom stereocenters. The number of likely N-dealkylation sites (N-methyl/N-ethyl adjacent to an activating group) is 1. The quantitative estimate of drug-likeness (QED) is 0.859. The highest BCUT2D eigenvalue weighted by atomic mass is 35.5. The summed E-state index contributed by atoms with van der Waals surface area (Å²) in [6.45, 7) is 1.98. The van der Waals surface area contributed by atoms with Gasteiger partial charge in [0.15, 0.2) is 0 Å². The molecule has 0 spiro atoms. The van der Waals surface area contributed by atoms with Gasteiger partial charge in [-0.05, 0) is 30.2 Å². The van der Waals surface area contributed by atoms with Crippen LogP contribution in [0, 0.1) is 6.92 Å². The first-order valence-corrected chi connectivity index (χ1v) is 7.79. The number of hydrogen-bond donors (Lipinski definition) is 2. The minimum atomic E-state index is -0.722. The Hall–Kier alpha value is -2.37. The number of anilines is 1. The van der Waals surface area contributed by atoms with Gasteiger partial charge in [-0.15, -0.1) is 12.4 Å². The van der Waals surface area contributed by atoms with E-state index < -0.39 is 6.04 Å². The van der Waals surface area contributed by atoms with Crippen LogP contribution in [0.1, 0.15) is 22.7 Å². The molecule has 0 saturated carbocycles. The van der Waals surface area contributed by atoms with Gasteiger partial charge in [0.2, 0.25) is 11.8 Å². The van der Waals surface area contributed by atoms with Crippen LogP contribution in [-0.4, -0.2) is 30.8 Å². The third-order valence-electron chi connectivity index (χ3n) is 3.79. The summed E-state index contributed by atoms with van der Waals surface area (Å²) < 4.78 is 0. The number of carbonyl (C=O) groups is 2. The molecule has 134 valence electrons. The Morgan fingerprint density at radius 1 is 1.04 bits per heavy atom. The van der Waals surface area contributed by atoms with E-state index in [1.807, 2.05) is 43.3 Å². The topological polar surface area (TPSA) is 75.4 Å². The molecule has 0 saturated heterocycles. The summed E-state index contributed by atoms with van der Waals surface area (Å²) in [5.74, 6) is -0.232. The molecule has 3 N–H and O–H groups in total. The molecular weight excluding hydrogens is 338 g/mol. The van der Waals surface area contributed by atoms with E-state index in [-0.39, 0.29) is 24.2 Å². The molecule has 2 aromatic rings. The second-order valence-corrected chi connectivity index (χ2v) is 6.04. The zero-order chi connectivity index (χ0) is 17.7. The summed E-state index contributed by atoms with van der Waals surface area (Å²) in [7, 11) is 3.45. The lowest BCUT2D eigenvalue weighted by molar-refractivity contribution is -0.128. The number of hydrogen-bond acceptors (Lipinski definition) is 3. The van der Waals surface area contributed by atoms with Crippen molar-refractivity contribution in [3.05, 3.63) is 65.2 Å². The van der Waals surface area contributed by atoms with Gasteiger partial charge < -0.3 is 16.0 Å². The number of nitrogens with zero attached hydrogens (tertiary/aromatic N) is 1. The minimum Gasteiger partial charge on any atom is -0.349 e. The van der Waals surface area contributed by atoms with Crippen molar-refractivity contribution in [1.82, 2.24) is 4.90 Å². The highest BCUT2D eigenvalue weighted by Gasteiger charge is 2.15. The van der Waals surface area contributed by atoms with Crippen LogP contribution in [0.15, 0.2) is 48.5 Å². The van der Waals surface area contributed by atoms with E-state index in [0.29, 0.717) is 12.1 Å². The molecule has 0 aromatic heterocycles. The van der Waals surface area contributed by atoms with Gasteiger partial charge in [0.05, 0.1) is 6.42 Å². The number of benzene rings is 2. The monoisotopic (exact) mass is 361 g/mol. The largest absolute Gasteiger partial charge is 0.349 e. The summed E-state index contributed by atoms with van der Waals surface area (Å²) in [5.41, 5.74) is 9.45. The molecule has 0 radical (unpaired) electrons. The second kappa shape index (κ2) is 9.20. The standard InChI is InChI=1S/C19H23N3O2.ClH/c1-13-4-8-15(9-5-13)18(20)19(24)21-16-10-6-14(7-11-16)12-17(23)22(2)3;/h4-11,18H,12,20H2,1-3H3,(H,21,24);1H. The molecule has 25 heavy (non-hydrogen) atoms. The van der Waals surface area contributed by atoms with E-state index in [1.54, 1.807) is 31.1 Å². The summed E-state index contributed by atoms with van der Waals surface area (Å²) in [5, 5.41) is 2.80. The van der Waals surface area contributed by atoms with Crippen molar-refractivity contribution in [2.45, 2.75) is 19.4 Å². The van der Waals surface area contributed by atoms with Crippen LogP contribution in [0.3, 0.4) is 0 Å². The Morgan fingerprint density at radius 3 is 2.12 bits per heavy atom. The molecule has 2 rings (SSSR count). The first-order valence-electron chi connectivity index (χ1n) is 7.79. The fraction of sp³-hybridized carbons (Fsp3) is 0.263. The maximum absolute atomic E-state index is 12.3. The molecule has 1 unspecified atom stereocenters. The van der Waals surface area contributed by atoms with Crippen molar-refractivity contribution in [3.8, 4) is 0 Å². The van der Waals surface area contributed by atoms with E-state index >= 15 is 0 Å². The average molecular weight is 362 g/mol. The predicted octanol–water partition coefficient (Wildman–Crippen LogP) is 2.69. The summed E-state index contributed by atoms with van der Waals surface area (Å²) in [6, 6.07) is 14.1. The van der Waals surface area contributed by atoms with Crippen molar-refractivity contribution >= 4 is 29.9 Å². The highest BCUT2D eigenvalue weighted by Crippen LogP contribution is 2.16. The van der Waals surface area contributed by atoms with Gasteiger partial charge in [-0.1, -0.05) is 42.0 Å². The number of amides is 2. The lowest BCUT2D eigenvalue weighted by atomic mass is 10.1. The lowest BCUT2D eigenvalue weighted by Gasteiger charge is -2.14. The molecule has 5 nitrogen and oxygen atoms in total. The van der Waals surface area contributed by atoms with E-state index in [4.69, 9.17) is 5.73 Å². The molecule has 0 bridgehead atoms. The average Bonchev–Trinajstić information content (AvgIpc) is 2.56. The summed E-state index contributed by atoms with van der Waals surface area (Å²) >= 11 is 0. The maximum atomic E-state index is 12.3.